The Morgan fingerprint density at radius 1 is 1.20 bits per heavy atom. The van der Waals surface area contributed by atoms with Crippen molar-refractivity contribution in [3.63, 3.8) is 0 Å². The van der Waals surface area contributed by atoms with E-state index in [1.54, 1.807) is 0 Å². The highest BCUT2D eigenvalue weighted by Crippen LogP contribution is 2.17. The maximum Gasteiger partial charge on any atom is 0.222 e. The van der Waals surface area contributed by atoms with Crippen molar-refractivity contribution in [2.24, 2.45) is 11.8 Å². The highest BCUT2D eigenvalue weighted by Gasteiger charge is 2.17. The van der Waals surface area contributed by atoms with Gasteiger partial charge in [-0.3, -0.25) is 4.79 Å². The molecule has 0 bridgehead atoms. The highest BCUT2D eigenvalue weighted by atomic mass is 35.5. The molecule has 0 aromatic carbocycles. The van der Waals surface area contributed by atoms with Gasteiger partial charge in [-0.15, -0.1) is 11.6 Å². The van der Waals surface area contributed by atoms with Crippen LogP contribution in [0.15, 0.2) is 0 Å². The molecular weight excluding hydrogens is 210 g/mol. The molecule has 3 heteroatoms. The van der Waals surface area contributed by atoms with Crippen molar-refractivity contribution < 1.29 is 4.79 Å². The van der Waals surface area contributed by atoms with E-state index in [4.69, 9.17) is 11.6 Å². The zero-order valence-corrected chi connectivity index (χ0v) is 11.1. The summed E-state index contributed by atoms with van der Waals surface area (Å²) < 4.78 is 0. The van der Waals surface area contributed by atoms with Crippen LogP contribution in [0.3, 0.4) is 0 Å². The third-order valence-electron chi connectivity index (χ3n) is 3.09. The first kappa shape index (κ1) is 14.8. The van der Waals surface area contributed by atoms with E-state index in [1.165, 1.54) is 0 Å². The van der Waals surface area contributed by atoms with E-state index in [0.717, 1.165) is 19.3 Å². The van der Waals surface area contributed by atoms with Crippen molar-refractivity contribution in [1.82, 2.24) is 5.32 Å². The number of halogens is 1. The van der Waals surface area contributed by atoms with Crippen LogP contribution < -0.4 is 5.32 Å². The SMILES string of the molecule is CCC(C)C(=O)NCC(Cl)C(CC)CC. The van der Waals surface area contributed by atoms with Crippen LogP contribution in [-0.2, 0) is 4.79 Å². The van der Waals surface area contributed by atoms with Crippen molar-refractivity contribution in [3.8, 4) is 0 Å². The fourth-order valence-electron chi connectivity index (χ4n) is 1.52. The van der Waals surface area contributed by atoms with Gasteiger partial charge in [-0.1, -0.05) is 40.5 Å². The van der Waals surface area contributed by atoms with E-state index in [-0.39, 0.29) is 17.2 Å². The second kappa shape index (κ2) is 7.98. The summed E-state index contributed by atoms with van der Waals surface area (Å²) in [6.45, 7) is 8.83. The standard InChI is InChI=1S/C12H24ClNO/c1-5-9(4)12(15)14-8-11(13)10(6-2)7-3/h9-11H,5-8H2,1-4H3,(H,14,15). The van der Waals surface area contributed by atoms with Crippen LogP contribution in [0.2, 0.25) is 0 Å². The average molecular weight is 234 g/mol. The second-order valence-electron chi connectivity index (χ2n) is 4.15. The molecule has 0 aromatic rings. The summed E-state index contributed by atoms with van der Waals surface area (Å²) in [5.41, 5.74) is 0. The van der Waals surface area contributed by atoms with E-state index in [1.807, 2.05) is 13.8 Å². The summed E-state index contributed by atoms with van der Waals surface area (Å²) in [6.07, 6.45) is 3.03. The van der Waals surface area contributed by atoms with E-state index in [9.17, 15) is 4.79 Å². The van der Waals surface area contributed by atoms with Gasteiger partial charge in [0.15, 0.2) is 0 Å². The molecule has 0 fully saturated rings. The first-order valence-corrected chi connectivity index (χ1v) is 6.42. The number of nitrogens with one attached hydrogen (secondary N) is 1. The monoisotopic (exact) mass is 233 g/mol. The predicted molar refractivity (Wildman–Crippen MR) is 66.2 cm³/mol. The second-order valence-corrected chi connectivity index (χ2v) is 4.71. The van der Waals surface area contributed by atoms with Crippen LogP contribution in [0.4, 0.5) is 0 Å². The highest BCUT2D eigenvalue weighted by molar-refractivity contribution is 6.21. The lowest BCUT2D eigenvalue weighted by atomic mass is 9.99. The van der Waals surface area contributed by atoms with E-state index >= 15 is 0 Å². The van der Waals surface area contributed by atoms with Gasteiger partial charge < -0.3 is 5.32 Å². The minimum atomic E-state index is 0.0630. The van der Waals surface area contributed by atoms with Crippen LogP contribution >= 0.6 is 11.6 Å². The summed E-state index contributed by atoms with van der Waals surface area (Å²) in [5, 5.41) is 2.97. The number of hydrogen-bond acceptors (Lipinski definition) is 1. The Labute approximate surface area is 98.8 Å². The van der Waals surface area contributed by atoms with Crippen LogP contribution in [0.25, 0.3) is 0 Å². The Kier molecular flexibility index (Phi) is 7.85. The van der Waals surface area contributed by atoms with E-state index < -0.39 is 0 Å². The molecule has 2 unspecified atom stereocenters. The molecule has 0 saturated heterocycles. The maximum absolute atomic E-state index is 11.5. The molecule has 2 atom stereocenters. The number of hydrogen-bond donors (Lipinski definition) is 1. The Morgan fingerprint density at radius 3 is 2.13 bits per heavy atom. The summed E-state index contributed by atoms with van der Waals surface area (Å²) in [7, 11) is 0. The minimum Gasteiger partial charge on any atom is -0.354 e. The summed E-state index contributed by atoms with van der Waals surface area (Å²) >= 11 is 6.22. The van der Waals surface area contributed by atoms with Gasteiger partial charge in [0.2, 0.25) is 5.91 Å². The quantitative estimate of drug-likeness (QED) is 0.673. The zero-order valence-electron chi connectivity index (χ0n) is 10.3. The molecule has 0 radical (unpaired) electrons. The molecule has 0 saturated carbocycles. The lowest BCUT2D eigenvalue weighted by Crippen LogP contribution is -2.36. The van der Waals surface area contributed by atoms with Gasteiger partial charge in [-0.05, 0) is 12.3 Å². The molecule has 1 N–H and O–H groups in total. The van der Waals surface area contributed by atoms with Crippen LogP contribution in [-0.4, -0.2) is 17.8 Å². The number of carbonyl (C=O) groups excluding carboxylic acids is 1. The lowest BCUT2D eigenvalue weighted by Gasteiger charge is -2.20. The van der Waals surface area contributed by atoms with Crippen molar-refractivity contribution >= 4 is 17.5 Å². The predicted octanol–water partition coefficient (Wildman–Crippen LogP) is 3.19. The average Bonchev–Trinajstić information content (AvgIpc) is 2.26. The Bertz CT molecular complexity index is 180. The molecule has 90 valence electrons. The van der Waals surface area contributed by atoms with Crippen molar-refractivity contribution in [2.45, 2.75) is 52.3 Å². The molecule has 0 aromatic heterocycles. The van der Waals surface area contributed by atoms with Crippen LogP contribution in [0.5, 0.6) is 0 Å². The molecule has 15 heavy (non-hydrogen) atoms. The molecule has 0 spiro atoms. The van der Waals surface area contributed by atoms with Gasteiger partial charge >= 0.3 is 0 Å². The van der Waals surface area contributed by atoms with E-state index in [2.05, 4.69) is 19.2 Å². The summed E-state index contributed by atoms with van der Waals surface area (Å²) in [5.74, 6) is 0.716. The molecule has 2 nitrogen and oxygen atoms in total. The van der Waals surface area contributed by atoms with Gasteiger partial charge in [0.25, 0.3) is 0 Å². The maximum atomic E-state index is 11.5. The molecular formula is C12H24ClNO. The third-order valence-corrected chi connectivity index (χ3v) is 3.60. The molecule has 0 heterocycles. The van der Waals surface area contributed by atoms with Crippen molar-refractivity contribution in [2.75, 3.05) is 6.54 Å². The van der Waals surface area contributed by atoms with Crippen LogP contribution in [0, 0.1) is 11.8 Å². The fraction of sp³-hybridized carbons (Fsp3) is 0.917. The normalized spacial score (nSPS) is 15.1. The number of carbonyl (C=O) groups is 1. The Balaban J connectivity index is 3.88. The lowest BCUT2D eigenvalue weighted by molar-refractivity contribution is -0.124. The van der Waals surface area contributed by atoms with Gasteiger partial charge in [0, 0.05) is 12.5 Å². The van der Waals surface area contributed by atoms with Gasteiger partial charge in [0.1, 0.15) is 0 Å². The first-order valence-electron chi connectivity index (χ1n) is 5.98. The van der Waals surface area contributed by atoms with Crippen LogP contribution in [0.1, 0.15) is 47.0 Å². The topological polar surface area (TPSA) is 29.1 Å². The molecule has 0 aliphatic heterocycles. The molecule has 1 amide bonds. The van der Waals surface area contributed by atoms with Gasteiger partial charge in [0.05, 0.1) is 5.38 Å². The van der Waals surface area contributed by atoms with Crippen molar-refractivity contribution in [3.05, 3.63) is 0 Å². The first-order chi connectivity index (χ1) is 7.06. The van der Waals surface area contributed by atoms with Gasteiger partial charge in [-0.25, -0.2) is 0 Å². The zero-order chi connectivity index (χ0) is 11.8. The Morgan fingerprint density at radius 2 is 1.73 bits per heavy atom. The smallest absolute Gasteiger partial charge is 0.222 e. The minimum absolute atomic E-state index is 0.0630. The molecule has 0 rings (SSSR count). The van der Waals surface area contributed by atoms with E-state index in [0.29, 0.717) is 12.5 Å². The molecule has 0 aliphatic carbocycles. The fourth-order valence-corrected chi connectivity index (χ4v) is 1.96. The largest absolute Gasteiger partial charge is 0.354 e. The van der Waals surface area contributed by atoms with Crippen molar-refractivity contribution in [1.29, 1.82) is 0 Å². The number of rotatable bonds is 7. The summed E-state index contributed by atoms with van der Waals surface area (Å²) in [4.78, 5) is 11.5. The molecule has 0 aliphatic rings. The van der Waals surface area contributed by atoms with Gasteiger partial charge in [-0.2, -0.15) is 0 Å². The Hall–Kier alpha value is -0.240. The summed E-state index contributed by atoms with van der Waals surface area (Å²) in [6, 6.07) is 0. The third kappa shape index (κ3) is 5.41. The number of amides is 1. The number of alkyl halides is 1.